The van der Waals surface area contributed by atoms with Gasteiger partial charge in [0.25, 0.3) is 0 Å². The van der Waals surface area contributed by atoms with Crippen LogP contribution in [0.4, 0.5) is 10.1 Å². The first kappa shape index (κ1) is 13.9. The number of ether oxygens (including phenoxy) is 1. The number of anilines is 1. The van der Waals surface area contributed by atoms with Gasteiger partial charge in [-0.1, -0.05) is 6.92 Å². The zero-order valence-corrected chi connectivity index (χ0v) is 10.5. The van der Waals surface area contributed by atoms with Crippen LogP contribution in [0, 0.1) is 5.82 Å². The van der Waals surface area contributed by atoms with E-state index in [0.717, 1.165) is 18.6 Å². The maximum absolute atomic E-state index is 12.8. The summed E-state index contributed by atoms with van der Waals surface area (Å²) in [5.41, 5.74) is 5.41. The Bertz CT molecular complexity index is 474. The minimum atomic E-state index is -3.50. The molecule has 0 bridgehead atoms. The van der Waals surface area contributed by atoms with Gasteiger partial charge < -0.3 is 10.5 Å². The molecule has 0 saturated heterocycles. The summed E-state index contributed by atoms with van der Waals surface area (Å²) in [6.07, 6.45) is 0.832. The van der Waals surface area contributed by atoms with Crippen molar-refractivity contribution in [2.24, 2.45) is 0 Å². The van der Waals surface area contributed by atoms with Gasteiger partial charge in [0.15, 0.2) is 9.84 Å². The molecule has 96 valence electrons. The average Bonchev–Trinajstić information content (AvgIpc) is 2.24. The fourth-order valence-electron chi connectivity index (χ4n) is 1.33. The molecule has 0 atom stereocenters. The minimum Gasteiger partial charge on any atom is -0.398 e. The van der Waals surface area contributed by atoms with E-state index in [0.29, 0.717) is 6.61 Å². The Morgan fingerprint density at radius 1 is 1.35 bits per heavy atom. The molecule has 0 spiro atoms. The van der Waals surface area contributed by atoms with Gasteiger partial charge in [-0.05, 0) is 24.6 Å². The van der Waals surface area contributed by atoms with Gasteiger partial charge in [0.2, 0.25) is 0 Å². The number of nitrogens with two attached hydrogens (primary N) is 1. The molecule has 0 radical (unpaired) electrons. The van der Waals surface area contributed by atoms with Gasteiger partial charge in [0, 0.05) is 6.61 Å². The Morgan fingerprint density at radius 3 is 2.65 bits per heavy atom. The van der Waals surface area contributed by atoms with Gasteiger partial charge in [-0.3, -0.25) is 0 Å². The SMILES string of the molecule is CCCOCCS(=O)(=O)c1ccc(F)cc1N. The molecule has 0 aliphatic rings. The van der Waals surface area contributed by atoms with Crippen LogP contribution in [-0.2, 0) is 14.6 Å². The van der Waals surface area contributed by atoms with Crippen molar-refractivity contribution < 1.29 is 17.5 Å². The van der Waals surface area contributed by atoms with E-state index in [1.165, 1.54) is 6.07 Å². The van der Waals surface area contributed by atoms with E-state index < -0.39 is 15.7 Å². The van der Waals surface area contributed by atoms with Gasteiger partial charge in [0.1, 0.15) is 5.82 Å². The fraction of sp³-hybridized carbons (Fsp3) is 0.455. The molecule has 1 aromatic carbocycles. The van der Waals surface area contributed by atoms with E-state index in [-0.39, 0.29) is 22.9 Å². The summed E-state index contributed by atoms with van der Waals surface area (Å²) in [6.45, 7) is 2.58. The van der Waals surface area contributed by atoms with Gasteiger partial charge >= 0.3 is 0 Å². The zero-order chi connectivity index (χ0) is 12.9. The molecule has 1 rings (SSSR count). The Kier molecular flexibility index (Phi) is 4.89. The Hall–Kier alpha value is -1.14. The lowest BCUT2D eigenvalue weighted by atomic mass is 10.3. The third kappa shape index (κ3) is 3.98. The summed E-state index contributed by atoms with van der Waals surface area (Å²) in [6, 6.07) is 3.26. The summed E-state index contributed by atoms with van der Waals surface area (Å²) in [7, 11) is -3.50. The first-order chi connectivity index (χ1) is 7.97. The van der Waals surface area contributed by atoms with Gasteiger partial charge in [-0.15, -0.1) is 0 Å². The minimum absolute atomic E-state index is 0.0426. The van der Waals surface area contributed by atoms with Crippen LogP contribution < -0.4 is 5.73 Å². The van der Waals surface area contributed by atoms with Crippen molar-refractivity contribution in [1.29, 1.82) is 0 Å². The van der Waals surface area contributed by atoms with Crippen LogP contribution >= 0.6 is 0 Å². The fourth-order valence-corrected chi connectivity index (χ4v) is 2.58. The van der Waals surface area contributed by atoms with Crippen LogP contribution in [0.3, 0.4) is 0 Å². The van der Waals surface area contributed by atoms with Crippen molar-refractivity contribution in [3.63, 3.8) is 0 Å². The summed E-state index contributed by atoms with van der Waals surface area (Å²) in [5, 5.41) is 0. The maximum atomic E-state index is 12.8. The van der Waals surface area contributed by atoms with Crippen molar-refractivity contribution in [2.45, 2.75) is 18.2 Å². The van der Waals surface area contributed by atoms with Crippen LogP contribution in [0.25, 0.3) is 0 Å². The van der Waals surface area contributed by atoms with E-state index >= 15 is 0 Å². The molecule has 0 amide bonds. The molecule has 0 heterocycles. The van der Waals surface area contributed by atoms with Crippen molar-refractivity contribution in [1.82, 2.24) is 0 Å². The lowest BCUT2D eigenvalue weighted by Gasteiger charge is -2.07. The van der Waals surface area contributed by atoms with Gasteiger partial charge in [0.05, 0.1) is 22.9 Å². The molecular formula is C11H16FNO3S. The molecule has 2 N–H and O–H groups in total. The molecule has 0 aliphatic carbocycles. The number of sulfone groups is 1. The molecule has 0 fully saturated rings. The normalized spacial score (nSPS) is 11.6. The van der Waals surface area contributed by atoms with Crippen LogP contribution in [0.1, 0.15) is 13.3 Å². The van der Waals surface area contributed by atoms with Crippen molar-refractivity contribution >= 4 is 15.5 Å². The second-order valence-corrected chi connectivity index (χ2v) is 5.69. The monoisotopic (exact) mass is 261 g/mol. The van der Waals surface area contributed by atoms with Crippen molar-refractivity contribution in [3.8, 4) is 0 Å². The lowest BCUT2D eigenvalue weighted by Crippen LogP contribution is -2.14. The van der Waals surface area contributed by atoms with Gasteiger partial charge in [-0.2, -0.15) is 0 Å². The Morgan fingerprint density at radius 2 is 2.06 bits per heavy atom. The van der Waals surface area contributed by atoms with Crippen LogP contribution in [0.2, 0.25) is 0 Å². The molecule has 0 aliphatic heterocycles. The van der Waals surface area contributed by atoms with Gasteiger partial charge in [-0.25, -0.2) is 12.8 Å². The molecule has 17 heavy (non-hydrogen) atoms. The molecule has 6 heteroatoms. The van der Waals surface area contributed by atoms with E-state index in [4.69, 9.17) is 10.5 Å². The van der Waals surface area contributed by atoms with E-state index in [1.807, 2.05) is 6.92 Å². The lowest BCUT2D eigenvalue weighted by molar-refractivity contribution is 0.149. The van der Waals surface area contributed by atoms with E-state index in [9.17, 15) is 12.8 Å². The zero-order valence-electron chi connectivity index (χ0n) is 9.65. The van der Waals surface area contributed by atoms with E-state index in [2.05, 4.69) is 0 Å². The third-order valence-electron chi connectivity index (χ3n) is 2.15. The molecule has 0 unspecified atom stereocenters. The summed E-state index contributed by atoms with van der Waals surface area (Å²) in [4.78, 5) is -0.0426. The first-order valence-corrected chi connectivity index (χ1v) is 6.98. The first-order valence-electron chi connectivity index (χ1n) is 5.33. The van der Waals surface area contributed by atoms with Crippen LogP contribution in [-0.4, -0.2) is 27.4 Å². The molecule has 4 nitrogen and oxygen atoms in total. The number of benzene rings is 1. The summed E-state index contributed by atoms with van der Waals surface area (Å²) < 4.78 is 41.6. The van der Waals surface area contributed by atoms with E-state index in [1.54, 1.807) is 0 Å². The topological polar surface area (TPSA) is 69.4 Å². The highest BCUT2D eigenvalue weighted by molar-refractivity contribution is 7.91. The molecule has 0 saturated carbocycles. The smallest absolute Gasteiger partial charge is 0.182 e. The number of hydrogen-bond donors (Lipinski definition) is 1. The highest BCUT2D eigenvalue weighted by atomic mass is 32.2. The maximum Gasteiger partial charge on any atom is 0.182 e. The predicted octanol–water partition coefficient (Wildman–Crippen LogP) is 1.61. The molecular weight excluding hydrogens is 245 g/mol. The Balaban J connectivity index is 2.76. The van der Waals surface area contributed by atoms with Crippen molar-refractivity contribution in [2.75, 3.05) is 24.7 Å². The predicted molar refractivity (Wildman–Crippen MR) is 64.0 cm³/mol. The summed E-state index contributed by atoms with van der Waals surface area (Å²) >= 11 is 0. The Labute approximate surface area is 101 Å². The molecule has 1 aromatic rings. The quantitative estimate of drug-likeness (QED) is 0.480. The molecule has 0 aromatic heterocycles. The average molecular weight is 261 g/mol. The van der Waals surface area contributed by atoms with Crippen LogP contribution in [0.5, 0.6) is 0 Å². The number of nitrogen functional groups attached to an aromatic ring is 1. The number of rotatable bonds is 6. The number of halogens is 1. The highest BCUT2D eigenvalue weighted by Crippen LogP contribution is 2.20. The second-order valence-electron chi connectivity index (χ2n) is 3.61. The number of hydrogen-bond acceptors (Lipinski definition) is 4. The highest BCUT2D eigenvalue weighted by Gasteiger charge is 2.17. The summed E-state index contributed by atoms with van der Waals surface area (Å²) in [5.74, 6) is -0.702. The van der Waals surface area contributed by atoms with Crippen LogP contribution in [0.15, 0.2) is 23.1 Å². The third-order valence-corrected chi connectivity index (χ3v) is 3.90. The largest absolute Gasteiger partial charge is 0.398 e. The van der Waals surface area contributed by atoms with Crippen molar-refractivity contribution in [3.05, 3.63) is 24.0 Å². The second kappa shape index (κ2) is 5.97. The standard InChI is InChI=1S/C11H16FNO3S/c1-2-5-16-6-7-17(14,15)11-4-3-9(12)8-10(11)13/h3-4,8H,2,5-7,13H2,1H3.